The molecule has 102 valence electrons. The summed E-state index contributed by atoms with van der Waals surface area (Å²) in [6.07, 6.45) is 6.52. The Balaban J connectivity index is 1.76. The minimum atomic E-state index is -0.000466. The molecule has 3 saturated heterocycles. The van der Waals surface area contributed by atoms with Gasteiger partial charge in [-0.1, -0.05) is 6.42 Å². The van der Waals surface area contributed by atoms with Crippen LogP contribution in [0.3, 0.4) is 0 Å². The molecule has 4 heteroatoms. The number of amides is 1. The van der Waals surface area contributed by atoms with E-state index in [0.29, 0.717) is 24.0 Å². The van der Waals surface area contributed by atoms with E-state index in [1.54, 1.807) is 0 Å². The van der Waals surface area contributed by atoms with Crippen molar-refractivity contribution in [3.63, 3.8) is 0 Å². The van der Waals surface area contributed by atoms with Gasteiger partial charge in [0.25, 0.3) is 0 Å². The first kappa shape index (κ1) is 12.4. The molecule has 0 aliphatic carbocycles. The third-order valence-electron chi connectivity index (χ3n) is 5.24. The SMILES string of the molecule is CC1NC(C)N(C2CC3CCCC(C2)N3C)C1=O. The largest absolute Gasteiger partial charge is 0.323 e. The molecule has 3 aliphatic rings. The van der Waals surface area contributed by atoms with Crippen molar-refractivity contribution < 1.29 is 4.79 Å². The first-order valence-electron chi connectivity index (χ1n) is 7.38. The van der Waals surface area contributed by atoms with Gasteiger partial charge in [-0.3, -0.25) is 10.1 Å². The second kappa shape index (κ2) is 4.49. The van der Waals surface area contributed by atoms with Crippen LogP contribution < -0.4 is 5.32 Å². The zero-order chi connectivity index (χ0) is 12.9. The van der Waals surface area contributed by atoms with E-state index in [-0.39, 0.29) is 12.2 Å². The fourth-order valence-corrected chi connectivity index (χ4v) is 4.24. The molecule has 2 bridgehead atoms. The van der Waals surface area contributed by atoms with E-state index in [1.807, 2.05) is 6.92 Å². The van der Waals surface area contributed by atoms with Gasteiger partial charge in [0.15, 0.2) is 0 Å². The quantitative estimate of drug-likeness (QED) is 0.760. The predicted molar refractivity (Wildman–Crippen MR) is 71.1 cm³/mol. The molecule has 3 fully saturated rings. The average molecular weight is 251 g/mol. The topological polar surface area (TPSA) is 35.6 Å². The average Bonchev–Trinajstić information content (AvgIpc) is 2.53. The highest BCUT2D eigenvalue weighted by molar-refractivity contribution is 5.84. The Morgan fingerprint density at radius 2 is 1.72 bits per heavy atom. The van der Waals surface area contributed by atoms with E-state index in [2.05, 4.69) is 29.1 Å². The van der Waals surface area contributed by atoms with Crippen molar-refractivity contribution in [3.8, 4) is 0 Å². The Morgan fingerprint density at radius 1 is 1.11 bits per heavy atom. The van der Waals surface area contributed by atoms with Crippen LogP contribution >= 0.6 is 0 Å². The predicted octanol–water partition coefficient (Wildman–Crippen LogP) is 1.17. The van der Waals surface area contributed by atoms with Crippen LogP contribution in [-0.2, 0) is 4.79 Å². The van der Waals surface area contributed by atoms with Crippen molar-refractivity contribution in [1.82, 2.24) is 15.1 Å². The van der Waals surface area contributed by atoms with E-state index in [0.717, 1.165) is 12.8 Å². The third kappa shape index (κ3) is 1.86. The lowest BCUT2D eigenvalue weighted by atomic mass is 9.81. The van der Waals surface area contributed by atoms with Crippen molar-refractivity contribution in [2.24, 2.45) is 0 Å². The molecule has 0 aromatic heterocycles. The van der Waals surface area contributed by atoms with Crippen molar-refractivity contribution in [2.75, 3.05) is 7.05 Å². The summed E-state index contributed by atoms with van der Waals surface area (Å²) in [6.45, 7) is 4.10. The molecule has 0 radical (unpaired) electrons. The number of nitrogens with zero attached hydrogens (tertiary/aromatic N) is 2. The molecule has 0 spiro atoms. The molecule has 4 atom stereocenters. The first-order valence-corrected chi connectivity index (χ1v) is 7.38. The van der Waals surface area contributed by atoms with Crippen LogP contribution in [0.15, 0.2) is 0 Å². The van der Waals surface area contributed by atoms with E-state index < -0.39 is 0 Å². The van der Waals surface area contributed by atoms with Crippen LogP contribution in [0.5, 0.6) is 0 Å². The highest BCUT2D eigenvalue weighted by Gasteiger charge is 2.44. The van der Waals surface area contributed by atoms with Crippen LogP contribution in [0.4, 0.5) is 0 Å². The van der Waals surface area contributed by atoms with Crippen molar-refractivity contribution in [3.05, 3.63) is 0 Å². The fraction of sp³-hybridized carbons (Fsp3) is 0.929. The molecule has 1 N–H and O–H groups in total. The second-order valence-electron chi connectivity index (χ2n) is 6.34. The summed E-state index contributed by atoms with van der Waals surface area (Å²) in [5.41, 5.74) is 0. The zero-order valence-electron chi connectivity index (χ0n) is 11.7. The van der Waals surface area contributed by atoms with Crippen LogP contribution in [0.25, 0.3) is 0 Å². The van der Waals surface area contributed by atoms with Gasteiger partial charge in [0.1, 0.15) is 0 Å². The monoisotopic (exact) mass is 251 g/mol. The standard InChI is InChI=1S/C14H25N3O/c1-9-14(18)17(10(2)15-9)13-7-11-5-4-6-12(8-13)16(11)3/h9-13,15H,4-8H2,1-3H3. The minimum absolute atomic E-state index is 0.000466. The number of hydrogen-bond donors (Lipinski definition) is 1. The Hall–Kier alpha value is -0.610. The number of nitrogens with one attached hydrogen (secondary N) is 1. The van der Waals surface area contributed by atoms with E-state index >= 15 is 0 Å². The number of carbonyl (C=O) groups is 1. The Morgan fingerprint density at radius 3 is 2.22 bits per heavy atom. The van der Waals surface area contributed by atoms with E-state index in [1.165, 1.54) is 19.3 Å². The smallest absolute Gasteiger partial charge is 0.240 e. The van der Waals surface area contributed by atoms with Gasteiger partial charge in [0.05, 0.1) is 12.2 Å². The molecule has 4 unspecified atom stereocenters. The number of hydrogen-bond acceptors (Lipinski definition) is 3. The van der Waals surface area contributed by atoms with E-state index in [4.69, 9.17) is 0 Å². The lowest BCUT2D eigenvalue weighted by Crippen LogP contribution is -2.57. The maximum atomic E-state index is 12.3. The van der Waals surface area contributed by atoms with Gasteiger partial charge in [-0.05, 0) is 46.6 Å². The molecule has 18 heavy (non-hydrogen) atoms. The van der Waals surface area contributed by atoms with Crippen molar-refractivity contribution in [1.29, 1.82) is 0 Å². The second-order valence-corrected chi connectivity index (χ2v) is 6.34. The summed E-state index contributed by atoms with van der Waals surface area (Å²) >= 11 is 0. The lowest BCUT2D eigenvalue weighted by molar-refractivity contribution is -0.134. The first-order chi connectivity index (χ1) is 8.58. The van der Waals surface area contributed by atoms with Crippen molar-refractivity contribution >= 4 is 5.91 Å². The number of carbonyl (C=O) groups excluding carboxylic acids is 1. The normalized spacial score (nSPS) is 45.6. The highest BCUT2D eigenvalue weighted by atomic mass is 16.2. The molecule has 3 aliphatic heterocycles. The van der Waals surface area contributed by atoms with Gasteiger partial charge in [0.2, 0.25) is 5.91 Å². The van der Waals surface area contributed by atoms with Crippen LogP contribution in [0.1, 0.15) is 46.0 Å². The van der Waals surface area contributed by atoms with E-state index in [9.17, 15) is 4.79 Å². The highest BCUT2D eigenvalue weighted by Crippen LogP contribution is 2.36. The molecule has 0 aromatic carbocycles. The molecule has 0 saturated carbocycles. The molecule has 0 aromatic rings. The van der Waals surface area contributed by atoms with Crippen LogP contribution in [-0.4, -0.2) is 53.1 Å². The summed E-state index contributed by atoms with van der Waals surface area (Å²) < 4.78 is 0. The van der Waals surface area contributed by atoms with Gasteiger partial charge in [-0.25, -0.2) is 0 Å². The Kier molecular flexibility index (Phi) is 3.10. The van der Waals surface area contributed by atoms with Gasteiger partial charge in [-0.2, -0.15) is 0 Å². The summed E-state index contributed by atoms with van der Waals surface area (Å²) in [5.74, 6) is 0.301. The molecule has 3 rings (SSSR count). The molecule has 3 heterocycles. The van der Waals surface area contributed by atoms with Gasteiger partial charge in [0, 0.05) is 18.1 Å². The minimum Gasteiger partial charge on any atom is -0.323 e. The maximum Gasteiger partial charge on any atom is 0.240 e. The molecule has 1 amide bonds. The summed E-state index contributed by atoms with van der Waals surface area (Å²) in [5, 5.41) is 3.35. The van der Waals surface area contributed by atoms with Crippen LogP contribution in [0.2, 0.25) is 0 Å². The lowest BCUT2D eigenvalue weighted by Gasteiger charge is -2.49. The number of fused-ring (bicyclic) bond motifs is 2. The van der Waals surface area contributed by atoms with Crippen LogP contribution in [0, 0.1) is 0 Å². The fourth-order valence-electron chi connectivity index (χ4n) is 4.24. The molecular formula is C14H25N3O. The van der Waals surface area contributed by atoms with Gasteiger partial charge >= 0.3 is 0 Å². The van der Waals surface area contributed by atoms with Gasteiger partial charge in [-0.15, -0.1) is 0 Å². The zero-order valence-corrected chi connectivity index (χ0v) is 11.7. The maximum absolute atomic E-state index is 12.3. The summed E-state index contributed by atoms with van der Waals surface area (Å²) in [4.78, 5) is 17.0. The Labute approximate surface area is 110 Å². The molecule has 4 nitrogen and oxygen atoms in total. The number of rotatable bonds is 1. The summed E-state index contributed by atoms with van der Waals surface area (Å²) in [6, 6.07) is 1.84. The third-order valence-corrected chi connectivity index (χ3v) is 5.24. The molecular weight excluding hydrogens is 226 g/mol. The number of piperidine rings is 2. The summed E-state index contributed by atoms with van der Waals surface area (Å²) in [7, 11) is 2.26. The Bertz CT molecular complexity index is 332. The van der Waals surface area contributed by atoms with Crippen molar-refractivity contribution in [2.45, 2.75) is 76.3 Å². The van der Waals surface area contributed by atoms with Gasteiger partial charge < -0.3 is 9.80 Å².